The van der Waals surface area contributed by atoms with Crippen LogP contribution < -0.4 is 5.32 Å². The van der Waals surface area contributed by atoms with E-state index in [0.717, 1.165) is 30.7 Å². The summed E-state index contributed by atoms with van der Waals surface area (Å²) in [7, 11) is 3.77. The monoisotopic (exact) mass is 490 g/mol. The average molecular weight is 491 g/mol. The lowest BCUT2D eigenvalue weighted by molar-refractivity contribution is -0.129. The minimum absolute atomic E-state index is 0.0730. The normalized spacial score (nSPS) is 14.3. The first-order valence-corrected chi connectivity index (χ1v) is 13.0. The van der Waals surface area contributed by atoms with Crippen LogP contribution in [0.3, 0.4) is 0 Å². The third-order valence-corrected chi connectivity index (χ3v) is 8.12. The van der Waals surface area contributed by atoms with Crippen LogP contribution in [0.25, 0.3) is 0 Å². The Bertz CT molecular complexity index is 939. The topological polar surface area (TPSA) is 65.5 Å². The highest BCUT2D eigenvalue weighted by molar-refractivity contribution is 8.23. The zero-order valence-electron chi connectivity index (χ0n) is 18.8. The van der Waals surface area contributed by atoms with Crippen LogP contribution in [-0.2, 0) is 11.2 Å². The summed E-state index contributed by atoms with van der Waals surface area (Å²) in [6, 6.07) is 7.88. The lowest BCUT2D eigenvalue weighted by Gasteiger charge is -2.32. The molecule has 32 heavy (non-hydrogen) atoms. The summed E-state index contributed by atoms with van der Waals surface area (Å²) in [4.78, 5) is 35.2. The van der Waals surface area contributed by atoms with Gasteiger partial charge < -0.3 is 15.1 Å². The Morgan fingerprint density at radius 1 is 1.28 bits per heavy atom. The molecule has 0 radical (unpaired) electrons. The second kappa shape index (κ2) is 11.8. The molecular formula is C23H30N4O2S3. The van der Waals surface area contributed by atoms with Gasteiger partial charge in [0.1, 0.15) is 4.32 Å². The number of nitrogens with zero attached hydrogens (tertiary/aromatic N) is 3. The van der Waals surface area contributed by atoms with Crippen molar-refractivity contribution >= 4 is 51.5 Å². The lowest BCUT2D eigenvalue weighted by Crippen LogP contribution is -2.40. The Morgan fingerprint density at radius 3 is 2.69 bits per heavy atom. The van der Waals surface area contributed by atoms with Gasteiger partial charge in [0.15, 0.2) is 0 Å². The number of hydrogen-bond donors (Lipinski definition) is 1. The molecule has 1 saturated heterocycles. The standard InChI is InChI=1S/C23H30N4O2S3/c1-16-6-7-19(22(29)24-11-8-18-5-4-14-31-18)21(25-16)17-9-12-27(13-10-17)20(28)15-32-23(30)26(2)3/h4-7,14,17H,8-13,15H2,1-3H3,(H,24,29). The molecule has 0 saturated carbocycles. The van der Waals surface area contributed by atoms with Crippen molar-refractivity contribution < 1.29 is 9.59 Å². The van der Waals surface area contributed by atoms with Crippen molar-refractivity contribution in [3.8, 4) is 0 Å². The van der Waals surface area contributed by atoms with Crippen LogP contribution in [0.4, 0.5) is 0 Å². The summed E-state index contributed by atoms with van der Waals surface area (Å²) in [6.45, 7) is 3.90. The molecule has 2 aromatic rings. The van der Waals surface area contributed by atoms with Gasteiger partial charge in [0.25, 0.3) is 5.91 Å². The Hall–Kier alpha value is -1.97. The van der Waals surface area contributed by atoms with E-state index in [1.165, 1.54) is 16.6 Å². The molecule has 1 aliphatic rings. The number of likely N-dealkylation sites (tertiary alicyclic amines) is 1. The van der Waals surface area contributed by atoms with Crippen molar-refractivity contribution in [2.24, 2.45) is 0 Å². The number of aromatic nitrogens is 1. The molecule has 0 aliphatic carbocycles. The van der Waals surface area contributed by atoms with Gasteiger partial charge in [-0.25, -0.2) is 0 Å². The number of thioether (sulfide) groups is 1. The fraction of sp³-hybridized carbons (Fsp3) is 0.478. The average Bonchev–Trinajstić information content (AvgIpc) is 3.30. The third kappa shape index (κ3) is 6.76. The summed E-state index contributed by atoms with van der Waals surface area (Å²) in [5.74, 6) is 0.576. The Kier molecular flexibility index (Phi) is 9.07. The van der Waals surface area contributed by atoms with Gasteiger partial charge in [-0.15, -0.1) is 11.3 Å². The van der Waals surface area contributed by atoms with Gasteiger partial charge in [0, 0.05) is 50.2 Å². The summed E-state index contributed by atoms with van der Waals surface area (Å²) < 4.78 is 0.715. The maximum absolute atomic E-state index is 12.9. The minimum Gasteiger partial charge on any atom is -0.364 e. The zero-order chi connectivity index (χ0) is 23.1. The molecule has 0 bridgehead atoms. The quantitative estimate of drug-likeness (QED) is 0.597. The van der Waals surface area contributed by atoms with E-state index in [1.807, 2.05) is 54.4 Å². The molecule has 0 aromatic carbocycles. The maximum Gasteiger partial charge on any atom is 0.253 e. The molecule has 2 aromatic heterocycles. The lowest BCUT2D eigenvalue weighted by atomic mass is 9.90. The maximum atomic E-state index is 12.9. The fourth-order valence-electron chi connectivity index (χ4n) is 3.68. The number of hydrogen-bond acceptors (Lipinski definition) is 6. The van der Waals surface area contributed by atoms with E-state index in [0.29, 0.717) is 35.3 Å². The molecule has 0 atom stereocenters. The van der Waals surface area contributed by atoms with Gasteiger partial charge in [-0.2, -0.15) is 0 Å². The summed E-state index contributed by atoms with van der Waals surface area (Å²) in [5.41, 5.74) is 2.41. The fourth-order valence-corrected chi connectivity index (χ4v) is 5.25. The van der Waals surface area contributed by atoms with Crippen LogP contribution >= 0.6 is 35.3 Å². The third-order valence-electron chi connectivity index (χ3n) is 5.46. The molecule has 1 aliphatic heterocycles. The first kappa shape index (κ1) is 24.7. The number of thiophene rings is 1. The number of nitrogens with one attached hydrogen (secondary N) is 1. The van der Waals surface area contributed by atoms with Crippen LogP contribution in [0.1, 0.15) is 45.4 Å². The Balaban J connectivity index is 1.57. The molecule has 0 spiro atoms. The second-order valence-electron chi connectivity index (χ2n) is 8.07. The molecule has 2 amide bonds. The molecule has 1 N–H and O–H groups in total. The summed E-state index contributed by atoms with van der Waals surface area (Å²) >= 11 is 8.36. The van der Waals surface area contributed by atoms with Crippen molar-refractivity contribution in [2.75, 3.05) is 39.5 Å². The van der Waals surface area contributed by atoms with Crippen LogP contribution in [0, 0.1) is 6.92 Å². The number of thiocarbonyl (C=S) groups is 1. The first-order valence-electron chi connectivity index (χ1n) is 10.7. The van der Waals surface area contributed by atoms with Gasteiger partial charge >= 0.3 is 0 Å². The predicted molar refractivity (Wildman–Crippen MR) is 137 cm³/mol. The summed E-state index contributed by atoms with van der Waals surface area (Å²) in [6.07, 6.45) is 2.44. The highest BCUT2D eigenvalue weighted by Gasteiger charge is 2.28. The number of rotatable bonds is 7. The molecule has 3 rings (SSSR count). The summed E-state index contributed by atoms with van der Waals surface area (Å²) in [5, 5.41) is 5.09. The Morgan fingerprint density at radius 2 is 2.03 bits per heavy atom. The van der Waals surface area contributed by atoms with Gasteiger partial charge in [-0.1, -0.05) is 30.0 Å². The van der Waals surface area contributed by atoms with E-state index < -0.39 is 0 Å². The number of pyridine rings is 1. The highest BCUT2D eigenvalue weighted by atomic mass is 32.2. The van der Waals surface area contributed by atoms with Crippen LogP contribution in [0.15, 0.2) is 29.6 Å². The largest absolute Gasteiger partial charge is 0.364 e. The zero-order valence-corrected chi connectivity index (χ0v) is 21.2. The van der Waals surface area contributed by atoms with E-state index in [4.69, 9.17) is 17.2 Å². The van der Waals surface area contributed by atoms with Crippen molar-refractivity contribution in [3.05, 3.63) is 51.5 Å². The molecule has 6 nitrogen and oxygen atoms in total. The number of piperidine rings is 1. The smallest absolute Gasteiger partial charge is 0.253 e. The molecular weight excluding hydrogens is 460 g/mol. The van der Waals surface area contributed by atoms with Crippen molar-refractivity contribution in [1.82, 2.24) is 20.1 Å². The molecule has 1 fully saturated rings. The minimum atomic E-state index is -0.0730. The molecule has 9 heteroatoms. The van der Waals surface area contributed by atoms with Crippen LogP contribution in [0.2, 0.25) is 0 Å². The second-order valence-corrected chi connectivity index (χ2v) is 10.7. The SMILES string of the molecule is Cc1ccc(C(=O)NCCc2cccs2)c(C2CCN(C(=O)CSC(=S)N(C)C)CC2)n1. The molecule has 0 unspecified atom stereocenters. The van der Waals surface area contributed by atoms with Gasteiger partial charge in [0.2, 0.25) is 5.91 Å². The Labute approximate surface area is 203 Å². The van der Waals surface area contributed by atoms with Crippen molar-refractivity contribution in [1.29, 1.82) is 0 Å². The first-order chi connectivity index (χ1) is 15.3. The van der Waals surface area contributed by atoms with Gasteiger partial charge in [-0.05, 0) is 49.8 Å². The van der Waals surface area contributed by atoms with E-state index in [2.05, 4.69) is 11.4 Å². The van der Waals surface area contributed by atoms with E-state index in [1.54, 1.807) is 11.3 Å². The predicted octanol–water partition coefficient (Wildman–Crippen LogP) is 3.71. The molecule has 3 heterocycles. The van der Waals surface area contributed by atoms with E-state index in [9.17, 15) is 9.59 Å². The highest BCUT2D eigenvalue weighted by Crippen LogP contribution is 2.30. The van der Waals surface area contributed by atoms with Crippen molar-refractivity contribution in [2.45, 2.75) is 32.1 Å². The number of carbonyl (C=O) groups excluding carboxylic acids is 2. The number of aryl methyl sites for hydroxylation is 1. The van der Waals surface area contributed by atoms with E-state index >= 15 is 0 Å². The van der Waals surface area contributed by atoms with Crippen molar-refractivity contribution in [3.63, 3.8) is 0 Å². The van der Waals surface area contributed by atoms with Crippen LogP contribution in [-0.4, -0.2) is 70.4 Å². The number of amides is 2. The van der Waals surface area contributed by atoms with Gasteiger partial charge in [-0.3, -0.25) is 14.6 Å². The molecule has 172 valence electrons. The number of carbonyl (C=O) groups is 2. The van der Waals surface area contributed by atoms with E-state index in [-0.39, 0.29) is 17.7 Å². The van der Waals surface area contributed by atoms with Crippen LogP contribution in [0.5, 0.6) is 0 Å². The van der Waals surface area contributed by atoms with Gasteiger partial charge in [0.05, 0.1) is 17.0 Å².